The van der Waals surface area contributed by atoms with Gasteiger partial charge in [0.15, 0.2) is 0 Å². The van der Waals surface area contributed by atoms with Gasteiger partial charge < -0.3 is 10.6 Å². The first-order valence-corrected chi connectivity index (χ1v) is 8.78. The standard InChI is InChI=1S/C20H17Cl2N3O/c1-13-2-7-17(9-19(13)22)25-20(26)15-8-18(12-23-11-15)24-10-14-3-5-16(21)6-4-14/h2-9,11-12,24H,10H2,1H3,(H,25,26). The Hall–Kier alpha value is -2.56. The van der Waals surface area contributed by atoms with Gasteiger partial charge in [0.1, 0.15) is 0 Å². The van der Waals surface area contributed by atoms with E-state index in [0.29, 0.717) is 27.8 Å². The number of hydrogen-bond donors (Lipinski definition) is 2. The minimum Gasteiger partial charge on any atom is -0.380 e. The molecule has 1 heterocycles. The fourth-order valence-corrected chi connectivity index (χ4v) is 2.65. The van der Waals surface area contributed by atoms with Gasteiger partial charge in [-0.25, -0.2) is 0 Å². The summed E-state index contributed by atoms with van der Waals surface area (Å²) in [6, 6.07) is 14.7. The Bertz CT molecular complexity index is 927. The summed E-state index contributed by atoms with van der Waals surface area (Å²) in [5, 5.41) is 7.39. The Kier molecular flexibility index (Phi) is 5.76. The van der Waals surface area contributed by atoms with Gasteiger partial charge in [-0.1, -0.05) is 41.4 Å². The van der Waals surface area contributed by atoms with Crippen LogP contribution in [0.4, 0.5) is 11.4 Å². The van der Waals surface area contributed by atoms with E-state index in [-0.39, 0.29) is 5.91 Å². The van der Waals surface area contributed by atoms with Crippen molar-refractivity contribution in [2.45, 2.75) is 13.5 Å². The van der Waals surface area contributed by atoms with Crippen molar-refractivity contribution in [1.82, 2.24) is 4.98 Å². The molecule has 6 heteroatoms. The van der Waals surface area contributed by atoms with Crippen molar-refractivity contribution in [3.63, 3.8) is 0 Å². The summed E-state index contributed by atoms with van der Waals surface area (Å²) >= 11 is 12.0. The van der Waals surface area contributed by atoms with Crippen LogP contribution in [0.3, 0.4) is 0 Å². The number of carbonyl (C=O) groups is 1. The summed E-state index contributed by atoms with van der Waals surface area (Å²) in [5.41, 5.74) is 3.90. The van der Waals surface area contributed by atoms with E-state index in [2.05, 4.69) is 15.6 Å². The molecule has 132 valence electrons. The molecule has 0 fully saturated rings. The first kappa shape index (κ1) is 18.2. The zero-order valence-corrected chi connectivity index (χ0v) is 15.6. The Labute approximate surface area is 162 Å². The van der Waals surface area contributed by atoms with E-state index in [1.165, 1.54) is 6.20 Å². The number of aryl methyl sites for hydroxylation is 1. The third-order valence-electron chi connectivity index (χ3n) is 3.84. The second-order valence-electron chi connectivity index (χ2n) is 5.86. The number of nitrogens with zero attached hydrogens (tertiary/aromatic N) is 1. The highest BCUT2D eigenvalue weighted by atomic mass is 35.5. The highest BCUT2D eigenvalue weighted by Gasteiger charge is 2.08. The predicted octanol–water partition coefficient (Wildman–Crippen LogP) is 5.56. The van der Waals surface area contributed by atoms with Gasteiger partial charge in [-0.15, -0.1) is 0 Å². The molecule has 3 rings (SSSR count). The van der Waals surface area contributed by atoms with Crippen molar-refractivity contribution in [3.8, 4) is 0 Å². The molecule has 0 radical (unpaired) electrons. The molecule has 0 bridgehead atoms. The van der Waals surface area contributed by atoms with E-state index in [1.807, 2.05) is 43.3 Å². The van der Waals surface area contributed by atoms with E-state index < -0.39 is 0 Å². The van der Waals surface area contributed by atoms with Gasteiger partial charge in [-0.2, -0.15) is 0 Å². The maximum Gasteiger partial charge on any atom is 0.257 e. The topological polar surface area (TPSA) is 54.0 Å². The summed E-state index contributed by atoms with van der Waals surface area (Å²) in [5.74, 6) is -0.243. The number of carbonyl (C=O) groups excluding carboxylic acids is 1. The quantitative estimate of drug-likeness (QED) is 0.604. The van der Waals surface area contributed by atoms with Gasteiger partial charge in [0.2, 0.25) is 0 Å². The Morgan fingerprint density at radius 3 is 2.50 bits per heavy atom. The molecule has 0 atom stereocenters. The van der Waals surface area contributed by atoms with Crippen molar-refractivity contribution in [3.05, 3.63) is 87.7 Å². The highest BCUT2D eigenvalue weighted by molar-refractivity contribution is 6.31. The van der Waals surface area contributed by atoms with Crippen LogP contribution in [0.15, 0.2) is 60.9 Å². The SMILES string of the molecule is Cc1ccc(NC(=O)c2cncc(NCc3ccc(Cl)cc3)c2)cc1Cl. The molecule has 2 aromatic carbocycles. The van der Waals surface area contributed by atoms with E-state index >= 15 is 0 Å². The summed E-state index contributed by atoms with van der Waals surface area (Å²) in [6.07, 6.45) is 3.20. The monoisotopic (exact) mass is 385 g/mol. The van der Waals surface area contributed by atoms with Gasteiger partial charge in [0.25, 0.3) is 5.91 Å². The first-order valence-electron chi connectivity index (χ1n) is 8.02. The molecule has 2 N–H and O–H groups in total. The lowest BCUT2D eigenvalue weighted by Gasteiger charge is -2.09. The van der Waals surface area contributed by atoms with E-state index in [9.17, 15) is 4.79 Å². The number of hydrogen-bond acceptors (Lipinski definition) is 3. The molecule has 1 aromatic heterocycles. The molecular weight excluding hydrogens is 369 g/mol. The highest BCUT2D eigenvalue weighted by Crippen LogP contribution is 2.21. The average molecular weight is 386 g/mol. The van der Waals surface area contributed by atoms with E-state index in [4.69, 9.17) is 23.2 Å². The van der Waals surface area contributed by atoms with Gasteiger partial charge in [-0.05, 0) is 48.4 Å². The molecule has 0 spiro atoms. The second-order valence-corrected chi connectivity index (χ2v) is 6.70. The molecule has 1 amide bonds. The Morgan fingerprint density at radius 2 is 1.77 bits per heavy atom. The van der Waals surface area contributed by atoms with Crippen LogP contribution in [-0.2, 0) is 6.54 Å². The van der Waals surface area contributed by atoms with E-state index in [1.54, 1.807) is 18.3 Å². The molecule has 26 heavy (non-hydrogen) atoms. The number of halogens is 2. The molecule has 3 aromatic rings. The normalized spacial score (nSPS) is 10.4. The third kappa shape index (κ3) is 4.75. The Balaban J connectivity index is 1.66. The minimum absolute atomic E-state index is 0.243. The number of anilines is 2. The Morgan fingerprint density at radius 1 is 1.00 bits per heavy atom. The lowest BCUT2D eigenvalue weighted by Crippen LogP contribution is -2.13. The van der Waals surface area contributed by atoms with Crippen LogP contribution in [0.25, 0.3) is 0 Å². The van der Waals surface area contributed by atoms with Crippen molar-refractivity contribution in [1.29, 1.82) is 0 Å². The van der Waals surface area contributed by atoms with Gasteiger partial charge in [0, 0.05) is 34.7 Å². The molecule has 0 aliphatic heterocycles. The van der Waals surface area contributed by atoms with Crippen molar-refractivity contribution < 1.29 is 4.79 Å². The molecular formula is C20H17Cl2N3O. The van der Waals surface area contributed by atoms with Crippen LogP contribution in [0.1, 0.15) is 21.5 Å². The average Bonchev–Trinajstić information content (AvgIpc) is 2.64. The number of amides is 1. The van der Waals surface area contributed by atoms with Crippen LogP contribution in [0.2, 0.25) is 10.0 Å². The van der Waals surface area contributed by atoms with E-state index in [0.717, 1.165) is 16.8 Å². The van der Waals surface area contributed by atoms with Crippen LogP contribution < -0.4 is 10.6 Å². The molecule has 0 unspecified atom stereocenters. The number of pyridine rings is 1. The van der Waals surface area contributed by atoms with Crippen LogP contribution >= 0.6 is 23.2 Å². The fraction of sp³-hybridized carbons (Fsp3) is 0.100. The molecule has 4 nitrogen and oxygen atoms in total. The number of benzene rings is 2. The molecule has 0 aliphatic rings. The summed E-state index contributed by atoms with van der Waals surface area (Å²) in [4.78, 5) is 16.6. The van der Waals surface area contributed by atoms with Gasteiger partial charge in [0.05, 0.1) is 11.3 Å². The lowest BCUT2D eigenvalue weighted by molar-refractivity contribution is 0.102. The maximum absolute atomic E-state index is 12.4. The largest absolute Gasteiger partial charge is 0.380 e. The predicted molar refractivity (Wildman–Crippen MR) is 107 cm³/mol. The number of aromatic nitrogens is 1. The van der Waals surface area contributed by atoms with Gasteiger partial charge in [-0.3, -0.25) is 9.78 Å². The lowest BCUT2D eigenvalue weighted by atomic mass is 10.2. The van der Waals surface area contributed by atoms with Crippen molar-refractivity contribution in [2.24, 2.45) is 0 Å². The van der Waals surface area contributed by atoms with Crippen molar-refractivity contribution in [2.75, 3.05) is 10.6 Å². The summed E-state index contributed by atoms with van der Waals surface area (Å²) in [7, 11) is 0. The molecule has 0 saturated carbocycles. The van der Waals surface area contributed by atoms with Crippen LogP contribution in [-0.4, -0.2) is 10.9 Å². The van der Waals surface area contributed by atoms with Crippen molar-refractivity contribution >= 4 is 40.5 Å². The maximum atomic E-state index is 12.4. The third-order valence-corrected chi connectivity index (χ3v) is 4.50. The minimum atomic E-state index is -0.243. The molecule has 0 saturated heterocycles. The fourth-order valence-electron chi connectivity index (χ4n) is 2.34. The zero-order chi connectivity index (χ0) is 18.5. The number of rotatable bonds is 5. The van der Waals surface area contributed by atoms with Crippen LogP contribution in [0.5, 0.6) is 0 Å². The second kappa shape index (κ2) is 8.21. The van der Waals surface area contributed by atoms with Crippen LogP contribution in [0, 0.1) is 6.92 Å². The first-order chi connectivity index (χ1) is 12.5. The summed E-state index contributed by atoms with van der Waals surface area (Å²) < 4.78 is 0. The smallest absolute Gasteiger partial charge is 0.257 e. The molecule has 0 aliphatic carbocycles. The zero-order valence-electron chi connectivity index (χ0n) is 14.1. The van der Waals surface area contributed by atoms with Gasteiger partial charge >= 0.3 is 0 Å². The summed E-state index contributed by atoms with van der Waals surface area (Å²) in [6.45, 7) is 2.52. The number of nitrogens with one attached hydrogen (secondary N) is 2.